The van der Waals surface area contributed by atoms with Crippen LogP contribution in [0.25, 0.3) is 16.7 Å². The molecule has 0 atom stereocenters. The van der Waals surface area contributed by atoms with Crippen molar-refractivity contribution in [2.24, 2.45) is 0 Å². The normalized spacial score (nSPS) is 11.2. The molecule has 120 valence electrons. The van der Waals surface area contributed by atoms with Crippen molar-refractivity contribution in [2.45, 2.75) is 18.8 Å². The molecule has 3 aromatic rings. The maximum Gasteiger partial charge on any atom is 0.268 e. The quantitative estimate of drug-likeness (QED) is 0.575. The zero-order chi connectivity index (χ0) is 16.4. The van der Waals surface area contributed by atoms with Gasteiger partial charge in [0.1, 0.15) is 18.1 Å². The van der Waals surface area contributed by atoms with E-state index in [0.717, 1.165) is 5.75 Å². The molecule has 0 amide bonds. The maximum atomic E-state index is 12.9. The number of hydrogen-bond donors (Lipinski definition) is 1. The van der Waals surface area contributed by atoms with Gasteiger partial charge in [-0.3, -0.25) is 9.36 Å². The highest BCUT2D eigenvalue weighted by Crippen LogP contribution is 2.22. The summed E-state index contributed by atoms with van der Waals surface area (Å²) in [6.45, 7) is 2.35. The van der Waals surface area contributed by atoms with Crippen LogP contribution in [0.5, 0.6) is 5.75 Å². The van der Waals surface area contributed by atoms with Gasteiger partial charge in [0.15, 0.2) is 5.16 Å². The molecule has 6 nitrogen and oxygen atoms in total. The standard InChI is InChI=1S/C16H17N3O3S/c1-3-23-16-17-14-13(8-9-18(14)10-22-2)15(21)19(16)11-4-6-12(20)7-5-11/h4-9,20H,3,10H2,1-2H3. The van der Waals surface area contributed by atoms with E-state index in [-0.39, 0.29) is 11.3 Å². The Labute approximate surface area is 137 Å². The number of fused-ring (bicyclic) bond motifs is 1. The SMILES string of the molecule is CCSc1nc2c(ccn2COC)c(=O)n1-c1ccc(O)cc1. The first-order valence-electron chi connectivity index (χ1n) is 7.18. The Kier molecular flexibility index (Phi) is 4.40. The van der Waals surface area contributed by atoms with Crippen molar-refractivity contribution in [1.82, 2.24) is 14.1 Å². The Bertz CT molecular complexity index is 884. The number of ether oxygens (including phenoxy) is 1. The molecule has 2 heterocycles. The van der Waals surface area contributed by atoms with Gasteiger partial charge in [0.25, 0.3) is 5.56 Å². The van der Waals surface area contributed by atoms with E-state index in [0.29, 0.717) is 28.6 Å². The van der Waals surface area contributed by atoms with Gasteiger partial charge in [-0.25, -0.2) is 4.98 Å². The molecule has 2 aromatic heterocycles. The minimum atomic E-state index is -0.133. The fourth-order valence-electron chi connectivity index (χ4n) is 2.40. The average molecular weight is 331 g/mol. The van der Waals surface area contributed by atoms with Crippen LogP contribution in [-0.4, -0.2) is 32.1 Å². The first kappa shape index (κ1) is 15.6. The second-order valence-electron chi connectivity index (χ2n) is 4.92. The number of thioether (sulfide) groups is 1. The van der Waals surface area contributed by atoms with Gasteiger partial charge in [0.05, 0.1) is 11.1 Å². The lowest BCUT2D eigenvalue weighted by molar-refractivity contribution is 0.134. The van der Waals surface area contributed by atoms with E-state index in [9.17, 15) is 9.90 Å². The lowest BCUT2D eigenvalue weighted by Gasteiger charge is -2.12. The minimum Gasteiger partial charge on any atom is -0.508 e. The molecular formula is C16H17N3O3S. The number of rotatable bonds is 5. The number of benzene rings is 1. The van der Waals surface area contributed by atoms with Gasteiger partial charge in [0, 0.05) is 13.3 Å². The average Bonchev–Trinajstić information content (AvgIpc) is 2.93. The fraction of sp³-hybridized carbons (Fsp3) is 0.250. The first-order chi connectivity index (χ1) is 11.2. The third-order valence-electron chi connectivity index (χ3n) is 3.41. The predicted octanol–water partition coefficient (Wildman–Crippen LogP) is 2.61. The highest BCUT2D eigenvalue weighted by Gasteiger charge is 2.15. The molecule has 0 saturated heterocycles. The van der Waals surface area contributed by atoms with Crippen LogP contribution in [0, 0.1) is 0 Å². The Morgan fingerprint density at radius 3 is 2.65 bits per heavy atom. The summed E-state index contributed by atoms with van der Waals surface area (Å²) in [6, 6.07) is 8.28. The van der Waals surface area contributed by atoms with Crippen molar-refractivity contribution < 1.29 is 9.84 Å². The van der Waals surface area contributed by atoms with E-state index < -0.39 is 0 Å². The summed E-state index contributed by atoms with van der Waals surface area (Å²) in [5.41, 5.74) is 1.16. The van der Waals surface area contributed by atoms with Crippen molar-refractivity contribution in [2.75, 3.05) is 12.9 Å². The van der Waals surface area contributed by atoms with E-state index in [1.807, 2.05) is 6.92 Å². The molecule has 0 aliphatic heterocycles. The molecule has 0 aliphatic carbocycles. The topological polar surface area (TPSA) is 69.3 Å². The molecule has 0 bridgehead atoms. The Morgan fingerprint density at radius 1 is 1.26 bits per heavy atom. The molecule has 0 unspecified atom stereocenters. The molecular weight excluding hydrogens is 314 g/mol. The Morgan fingerprint density at radius 2 is 2.00 bits per heavy atom. The zero-order valence-corrected chi connectivity index (χ0v) is 13.7. The van der Waals surface area contributed by atoms with E-state index in [1.54, 1.807) is 52.8 Å². The zero-order valence-electron chi connectivity index (χ0n) is 12.9. The monoisotopic (exact) mass is 331 g/mol. The Balaban J connectivity index is 2.27. The van der Waals surface area contributed by atoms with Gasteiger partial charge in [-0.1, -0.05) is 18.7 Å². The molecule has 0 fully saturated rings. The third-order valence-corrected chi connectivity index (χ3v) is 4.23. The number of methoxy groups -OCH3 is 1. The van der Waals surface area contributed by atoms with Crippen LogP contribution < -0.4 is 5.56 Å². The molecule has 3 rings (SSSR count). The van der Waals surface area contributed by atoms with Gasteiger partial charge >= 0.3 is 0 Å². The molecule has 23 heavy (non-hydrogen) atoms. The second kappa shape index (κ2) is 6.47. The highest BCUT2D eigenvalue weighted by molar-refractivity contribution is 7.99. The van der Waals surface area contributed by atoms with Crippen LogP contribution in [0.15, 0.2) is 46.5 Å². The number of phenolic OH excluding ortho intramolecular Hbond substituents is 1. The number of nitrogens with zero attached hydrogens (tertiary/aromatic N) is 3. The van der Waals surface area contributed by atoms with Gasteiger partial charge in [-0.2, -0.15) is 0 Å². The number of aromatic nitrogens is 3. The summed E-state index contributed by atoms with van der Waals surface area (Å²) in [4.78, 5) is 17.6. The molecule has 0 spiro atoms. The summed E-state index contributed by atoms with van der Waals surface area (Å²) in [5, 5.41) is 10.6. The maximum absolute atomic E-state index is 12.9. The number of aromatic hydroxyl groups is 1. The van der Waals surface area contributed by atoms with Crippen LogP contribution in [-0.2, 0) is 11.5 Å². The van der Waals surface area contributed by atoms with Crippen molar-refractivity contribution in [3.63, 3.8) is 0 Å². The van der Waals surface area contributed by atoms with Crippen molar-refractivity contribution in [1.29, 1.82) is 0 Å². The summed E-state index contributed by atoms with van der Waals surface area (Å²) < 4.78 is 8.52. The van der Waals surface area contributed by atoms with Crippen molar-refractivity contribution in [3.8, 4) is 11.4 Å². The Hall–Kier alpha value is -2.25. The minimum absolute atomic E-state index is 0.133. The summed E-state index contributed by atoms with van der Waals surface area (Å²) >= 11 is 1.50. The highest BCUT2D eigenvalue weighted by atomic mass is 32.2. The van der Waals surface area contributed by atoms with E-state index >= 15 is 0 Å². The van der Waals surface area contributed by atoms with E-state index in [1.165, 1.54) is 11.8 Å². The van der Waals surface area contributed by atoms with Crippen LogP contribution >= 0.6 is 11.8 Å². The molecule has 0 radical (unpaired) electrons. The van der Waals surface area contributed by atoms with E-state index in [4.69, 9.17) is 4.74 Å². The molecule has 1 N–H and O–H groups in total. The summed E-state index contributed by atoms with van der Waals surface area (Å²) in [5.74, 6) is 0.952. The number of hydrogen-bond acceptors (Lipinski definition) is 5. The second-order valence-corrected chi connectivity index (χ2v) is 6.16. The summed E-state index contributed by atoms with van der Waals surface area (Å²) in [7, 11) is 1.60. The molecule has 0 saturated carbocycles. The van der Waals surface area contributed by atoms with Crippen molar-refractivity contribution >= 4 is 22.8 Å². The molecule has 0 aliphatic rings. The third kappa shape index (κ3) is 2.85. The van der Waals surface area contributed by atoms with Crippen LogP contribution in [0.3, 0.4) is 0 Å². The summed E-state index contributed by atoms with van der Waals surface area (Å²) in [6.07, 6.45) is 1.80. The molecule has 7 heteroatoms. The van der Waals surface area contributed by atoms with Crippen molar-refractivity contribution in [3.05, 3.63) is 46.9 Å². The van der Waals surface area contributed by atoms with Gasteiger partial charge < -0.3 is 14.4 Å². The van der Waals surface area contributed by atoms with Gasteiger partial charge in [-0.15, -0.1) is 0 Å². The molecule has 1 aromatic carbocycles. The number of phenols is 1. The van der Waals surface area contributed by atoms with Gasteiger partial charge in [0.2, 0.25) is 0 Å². The van der Waals surface area contributed by atoms with Crippen LogP contribution in [0.1, 0.15) is 6.92 Å². The lowest BCUT2D eigenvalue weighted by atomic mass is 10.3. The first-order valence-corrected chi connectivity index (χ1v) is 8.17. The smallest absolute Gasteiger partial charge is 0.268 e. The van der Waals surface area contributed by atoms with Gasteiger partial charge in [-0.05, 0) is 36.1 Å². The predicted molar refractivity (Wildman–Crippen MR) is 90.4 cm³/mol. The van der Waals surface area contributed by atoms with E-state index in [2.05, 4.69) is 4.98 Å². The van der Waals surface area contributed by atoms with Crippen LogP contribution in [0.2, 0.25) is 0 Å². The van der Waals surface area contributed by atoms with Crippen LogP contribution in [0.4, 0.5) is 0 Å². The lowest BCUT2D eigenvalue weighted by Crippen LogP contribution is -2.22. The fourth-order valence-corrected chi connectivity index (χ4v) is 3.13. The largest absolute Gasteiger partial charge is 0.508 e.